The second-order valence-corrected chi connectivity index (χ2v) is 4.38. The van der Waals surface area contributed by atoms with E-state index in [2.05, 4.69) is 46.8 Å². The number of anilines is 2. The van der Waals surface area contributed by atoms with Gasteiger partial charge in [-0.15, -0.1) is 5.10 Å². The lowest BCUT2D eigenvalue weighted by Gasteiger charge is -2.05. The van der Waals surface area contributed by atoms with Gasteiger partial charge in [0.25, 0.3) is 0 Å². The van der Waals surface area contributed by atoms with E-state index >= 15 is 0 Å². The van der Waals surface area contributed by atoms with Crippen molar-refractivity contribution in [1.29, 1.82) is 0 Å². The lowest BCUT2D eigenvalue weighted by molar-refractivity contribution is 0.443. The Bertz CT molecular complexity index is 536. The van der Waals surface area contributed by atoms with Gasteiger partial charge in [0.15, 0.2) is 0 Å². The highest BCUT2D eigenvalue weighted by molar-refractivity contribution is 5.54. The normalized spacial score (nSPS) is 12.4. The Morgan fingerprint density at radius 3 is 2.61 bits per heavy atom. The largest absolute Gasteiger partial charge is 0.406 e. The molecule has 2 N–H and O–H groups in total. The maximum Gasteiger partial charge on any atom is 0.320 e. The van der Waals surface area contributed by atoms with Gasteiger partial charge in [-0.05, 0) is 51.1 Å². The third-order valence-electron chi connectivity index (χ3n) is 3.00. The number of rotatable bonds is 4. The molecule has 0 spiro atoms. The highest BCUT2D eigenvalue weighted by atomic mass is 16.4. The quantitative estimate of drug-likeness (QED) is 0.868. The van der Waals surface area contributed by atoms with Crippen molar-refractivity contribution in [1.82, 2.24) is 15.5 Å². The average molecular weight is 246 g/mol. The van der Waals surface area contributed by atoms with Crippen molar-refractivity contribution in [2.24, 2.45) is 0 Å². The van der Waals surface area contributed by atoms with E-state index in [9.17, 15) is 0 Å². The fourth-order valence-corrected chi connectivity index (χ4v) is 1.53. The van der Waals surface area contributed by atoms with Gasteiger partial charge in [-0.3, -0.25) is 0 Å². The summed E-state index contributed by atoms with van der Waals surface area (Å²) >= 11 is 0. The predicted molar refractivity (Wildman–Crippen MR) is 71.0 cm³/mol. The molecule has 96 valence electrons. The van der Waals surface area contributed by atoms with Crippen LogP contribution < -0.4 is 10.6 Å². The number of nitrogens with zero attached hydrogens (tertiary/aromatic N) is 2. The highest BCUT2D eigenvalue weighted by Gasteiger charge is 2.11. The summed E-state index contributed by atoms with van der Waals surface area (Å²) in [5.74, 6) is 0.573. The van der Waals surface area contributed by atoms with Gasteiger partial charge in [-0.2, -0.15) is 0 Å². The molecule has 0 aliphatic rings. The summed E-state index contributed by atoms with van der Waals surface area (Å²) in [6.45, 7) is 6.12. The molecule has 2 rings (SSSR count). The van der Waals surface area contributed by atoms with E-state index in [4.69, 9.17) is 4.42 Å². The maximum atomic E-state index is 5.51. The smallest absolute Gasteiger partial charge is 0.320 e. The van der Waals surface area contributed by atoms with Crippen LogP contribution in [0.1, 0.15) is 30.0 Å². The van der Waals surface area contributed by atoms with Crippen molar-refractivity contribution in [2.75, 3.05) is 12.4 Å². The van der Waals surface area contributed by atoms with Crippen LogP contribution in [0.3, 0.4) is 0 Å². The van der Waals surface area contributed by atoms with E-state index in [1.165, 1.54) is 11.1 Å². The number of hydrogen-bond donors (Lipinski definition) is 2. The topological polar surface area (TPSA) is 63.0 Å². The molecule has 18 heavy (non-hydrogen) atoms. The molecule has 0 aliphatic heterocycles. The van der Waals surface area contributed by atoms with E-state index in [1.807, 2.05) is 20.0 Å². The number of aromatic nitrogens is 2. The number of aryl methyl sites for hydroxylation is 2. The lowest BCUT2D eigenvalue weighted by atomic mass is 10.1. The zero-order valence-corrected chi connectivity index (χ0v) is 11.1. The van der Waals surface area contributed by atoms with Crippen molar-refractivity contribution < 1.29 is 4.42 Å². The molecule has 0 fully saturated rings. The standard InChI is InChI=1S/C13H18N4O/c1-8-5-6-11(7-9(8)2)15-13-17-16-12(18-13)10(3)14-4/h5-7,10,14H,1-4H3,(H,15,17). The van der Waals surface area contributed by atoms with Gasteiger partial charge in [-0.1, -0.05) is 11.2 Å². The number of hydrogen-bond acceptors (Lipinski definition) is 5. The molecule has 1 aromatic carbocycles. The molecule has 0 radical (unpaired) electrons. The van der Waals surface area contributed by atoms with Crippen LogP contribution in [0.2, 0.25) is 0 Å². The van der Waals surface area contributed by atoms with Crippen molar-refractivity contribution in [2.45, 2.75) is 26.8 Å². The molecule has 0 aliphatic carbocycles. The summed E-state index contributed by atoms with van der Waals surface area (Å²) in [5, 5.41) is 14.1. The van der Waals surface area contributed by atoms with E-state index < -0.39 is 0 Å². The van der Waals surface area contributed by atoms with Gasteiger partial charge in [-0.25, -0.2) is 0 Å². The lowest BCUT2D eigenvalue weighted by Crippen LogP contribution is -2.12. The van der Waals surface area contributed by atoms with E-state index in [0.29, 0.717) is 11.9 Å². The van der Waals surface area contributed by atoms with E-state index in [0.717, 1.165) is 5.69 Å². The summed E-state index contributed by atoms with van der Waals surface area (Å²) in [6.07, 6.45) is 0. The summed E-state index contributed by atoms with van der Waals surface area (Å²) < 4.78 is 5.51. The number of nitrogens with one attached hydrogen (secondary N) is 2. The SMILES string of the molecule is CNC(C)c1nnc(Nc2ccc(C)c(C)c2)o1. The Morgan fingerprint density at radius 1 is 1.17 bits per heavy atom. The first kappa shape index (κ1) is 12.6. The zero-order valence-electron chi connectivity index (χ0n) is 11.1. The summed E-state index contributed by atoms with van der Waals surface area (Å²) in [5.41, 5.74) is 3.43. The Kier molecular flexibility index (Phi) is 3.62. The monoisotopic (exact) mass is 246 g/mol. The van der Waals surface area contributed by atoms with Gasteiger partial charge >= 0.3 is 6.01 Å². The van der Waals surface area contributed by atoms with Crippen molar-refractivity contribution in [3.05, 3.63) is 35.2 Å². The molecule has 0 saturated carbocycles. The molecule has 0 amide bonds. The maximum absolute atomic E-state index is 5.51. The molecule has 1 heterocycles. The van der Waals surface area contributed by atoms with Crippen LogP contribution in [0.25, 0.3) is 0 Å². The molecule has 0 bridgehead atoms. The second-order valence-electron chi connectivity index (χ2n) is 4.38. The van der Waals surface area contributed by atoms with Crippen LogP contribution >= 0.6 is 0 Å². The molecular weight excluding hydrogens is 228 g/mol. The predicted octanol–water partition coefficient (Wildman–Crippen LogP) is 2.71. The minimum absolute atomic E-state index is 0.0489. The van der Waals surface area contributed by atoms with Crippen LogP contribution in [-0.4, -0.2) is 17.2 Å². The van der Waals surface area contributed by atoms with Crippen LogP contribution in [-0.2, 0) is 0 Å². The highest BCUT2D eigenvalue weighted by Crippen LogP contribution is 2.20. The Morgan fingerprint density at radius 2 is 1.94 bits per heavy atom. The van der Waals surface area contributed by atoms with Gasteiger partial charge in [0.05, 0.1) is 6.04 Å². The minimum atomic E-state index is 0.0489. The third kappa shape index (κ3) is 2.68. The molecular formula is C13H18N4O. The van der Waals surface area contributed by atoms with Gasteiger partial charge in [0, 0.05) is 5.69 Å². The average Bonchev–Trinajstić information content (AvgIpc) is 2.81. The summed E-state index contributed by atoms with van der Waals surface area (Å²) in [6, 6.07) is 6.57. The Balaban J connectivity index is 2.13. The van der Waals surface area contributed by atoms with Crippen LogP contribution in [0.4, 0.5) is 11.7 Å². The van der Waals surface area contributed by atoms with Crippen LogP contribution in [0.5, 0.6) is 0 Å². The fraction of sp³-hybridized carbons (Fsp3) is 0.385. The fourth-order valence-electron chi connectivity index (χ4n) is 1.53. The van der Waals surface area contributed by atoms with Crippen molar-refractivity contribution in [3.8, 4) is 0 Å². The summed E-state index contributed by atoms with van der Waals surface area (Å²) in [7, 11) is 1.85. The molecule has 1 atom stereocenters. The molecule has 2 aromatic rings. The Hall–Kier alpha value is -1.88. The van der Waals surface area contributed by atoms with Crippen LogP contribution in [0.15, 0.2) is 22.6 Å². The Labute approximate surface area is 107 Å². The van der Waals surface area contributed by atoms with Gasteiger partial charge in [0.1, 0.15) is 0 Å². The van der Waals surface area contributed by atoms with Gasteiger partial charge in [0.2, 0.25) is 5.89 Å². The van der Waals surface area contributed by atoms with Crippen molar-refractivity contribution >= 4 is 11.7 Å². The van der Waals surface area contributed by atoms with E-state index in [-0.39, 0.29) is 6.04 Å². The first-order chi connectivity index (χ1) is 8.60. The molecule has 1 unspecified atom stereocenters. The summed E-state index contributed by atoms with van der Waals surface area (Å²) in [4.78, 5) is 0. The van der Waals surface area contributed by atoms with Gasteiger partial charge < -0.3 is 15.1 Å². The first-order valence-corrected chi connectivity index (χ1v) is 5.95. The third-order valence-corrected chi connectivity index (χ3v) is 3.00. The first-order valence-electron chi connectivity index (χ1n) is 5.95. The molecule has 5 heteroatoms. The van der Waals surface area contributed by atoms with Crippen LogP contribution in [0, 0.1) is 13.8 Å². The van der Waals surface area contributed by atoms with Crippen molar-refractivity contribution in [3.63, 3.8) is 0 Å². The number of benzene rings is 1. The molecule has 1 aromatic heterocycles. The zero-order chi connectivity index (χ0) is 13.1. The molecule has 5 nitrogen and oxygen atoms in total. The second kappa shape index (κ2) is 5.18. The minimum Gasteiger partial charge on any atom is -0.406 e. The van der Waals surface area contributed by atoms with E-state index in [1.54, 1.807) is 0 Å². The molecule has 0 saturated heterocycles.